The molecule has 25 heavy (non-hydrogen) atoms. The highest BCUT2D eigenvalue weighted by Gasteiger charge is 2.10. The van der Waals surface area contributed by atoms with Gasteiger partial charge < -0.3 is 5.32 Å². The number of carbonyl (C=O) groups is 1. The second-order valence-electron chi connectivity index (χ2n) is 5.58. The first-order valence-corrected chi connectivity index (χ1v) is 8.79. The second kappa shape index (κ2) is 7.73. The van der Waals surface area contributed by atoms with Gasteiger partial charge in [0.2, 0.25) is 0 Å². The fourth-order valence-electron chi connectivity index (χ4n) is 2.54. The lowest BCUT2D eigenvalue weighted by molar-refractivity contribution is 0.0954. The summed E-state index contributed by atoms with van der Waals surface area (Å²) in [5, 5.41) is 12.8. The fraction of sp³-hybridized carbons (Fsp3) is 0.150. The van der Waals surface area contributed by atoms with Gasteiger partial charge in [0.15, 0.2) is 0 Å². The zero-order valence-corrected chi connectivity index (χ0v) is 14.6. The molecule has 0 saturated carbocycles. The molecule has 1 heterocycles. The van der Waals surface area contributed by atoms with Crippen LogP contribution in [0.25, 0.3) is 11.3 Å². The van der Waals surface area contributed by atoms with Crippen molar-refractivity contribution in [2.24, 2.45) is 0 Å². The lowest BCUT2D eigenvalue weighted by atomic mass is 10.1. The zero-order chi connectivity index (χ0) is 17.6. The van der Waals surface area contributed by atoms with Crippen LogP contribution in [0.2, 0.25) is 0 Å². The van der Waals surface area contributed by atoms with Gasteiger partial charge in [0.05, 0.1) is 22.3 Å². The highest BCUT2D eigenvalue weighted by molar-refractivity contribution is 7.12. The van der Waals surface area contributed by atoms with Gasteiger partial charge in [-0.05, 0) is 25.1 Å². The third-order valence-electron chi connectivity index (χ3n) is 3.77. The average Bonchev–Trinajstić information content (AvgIpc) is 3.03. The number of nitrogens with zero attached hydrogens (tertiary/aromatic N) is 2. The van der Waals surface area contributed by atoms with Crippen LogP contribution in [0.3, 0.4) is 0 Å². The van der Waals surface area contributed by atoms with Crippen LogP contribution in [-0.4, -0.2) is 17.4 Å². The molecule has 0 bridgehead atoms. The Kier molecular flexibility index (Phi) is 5.22. The van der Waals surface area contributed by atoms with Gasteiger partial charge >= 0.3 is 0 Å². The molecule has 0 aliphatic rings. The minimum absolute atomic E-state index is 0.173. The molecule has 5 heteroatoms. The zero-order valence-electron chi connectivity index (χ0n) is 13.8. The van der Waals surface area contributed by atoms with E-state index in [-0.39, 0.29) is 5.91 Å². The topological polar surface area (TPSA) is 65.8 Å². The Balaban J connectivity index is 1.61. The molecule has 0 aliphatic heterocycles. The van der Waals surface area contributed by atoms with Gasteiger partial charge in [-0.1, -0.05) is 36.4 Å². The van der Waals surface area contributed by atoms with Gasteiger partial charge in [0.1, 0.15) is 0 Å². The molecule has 0 saturated heterocycles. The van der Waals surface area contributed by atoms with Gasteiger partial charge in [-0.25, -0.2) is 4.98 Å². The van der Waals surface area contributed by atoms with Gasteiger partial charge in [-0.15, -0.1) is 11.3 Å². The number of nitriles is 1. The number of hydrogen-bond donors (Lipinski definition) is 1. The van der Waals surface area contributed by atoms with Gasteiger partial charge in [-0.3, -0.25) is 4.79 Å². The predicted octanol–water partition coefficient (Wildman–Crippen LogP) is 3.96. The molecule has 0 fully saturated rings. The molecule has 0 aliphatic carbocycles. The van der Waals surface area contributed by atoms with E-state index < -0.39 is 0 Å². The van der Waals surface area contributed by atoms with E-state index in [1.165, 1.54) is 4.88 Å². The Hall–Kier alpha value is -2.97. The maximum Gasteiger partial charge on any atom is 0.251 e. The van der Waals surface area contributed by atoms with Gasteiger partial charge in [-0.2, -0.15) is 5.26 Å². The van der Waals surface area contributed by atoms with E-state index in [0.29, 0.717) is 24.1 Å². The minimum atomic E-state index is -0.173. The van der Waals surface area contributed by atoms with E-state index >= 15 is 0 Å². The number of hydrogen-bond acceptors (Lipinski definition) is 4. The van der Waals surface area contributed by atoms with Crippen LogP contribution < -0.4 is 5.32 Å². The van der Waals surface area contributed by atoms with Crippen molar-refractivity contribution in [2.75, 3.05) is 6.54 Å². The van der Waals surface area contributed by atoms with Crippen molar-refractivity contribution in [1.82, 2.24) is 10.3 Å². The molecule has 1 amide bonds. The Morgan fingerprint density at radius 1 is 1.20 bits per heavy atom. The Morgan fingerprint density at radius 2 is 2.00 bits per heavy atom. The van der Waals surface area contributed by atoms with Crippen molar-refractivity contribution < 1.29 is 4.79 Å². The largest absolute Gasteiger partial charge is 0.352 e. The molecule has 3 rings (SSSR count). The molecule has 4 nitrogen and oxygen atoms in total. The van der Waals surface area contributed by atoms with E-state index in [1.807, 2.05) is 24.3 Å². The summed E-state index contributed by atoms with van der Waals surface area (Å²) in [6, 6.07) is 18.8. The third kappa shape index (κ3) is 4.11. The lowest BCUT2D eigenvalue weighted by Gasteiger charge is -2.04. The predicted molar refractivity (Wildman–Crippen MR) is 99.5 cm³/mol. The summed E-state index contributed by atoms with van der Waals surface area (Å²) in [6.07, 6.45) is 0.683. The van der Waals surface area contributed by atoms with Crippen LogP contribution in [0.15, 0.2) is 54.6 Å². The maximum atomic E-state index is 12.2. The Labute approximate surface area is 150 Å². The number of aromatic nitrogens is 1. The van der Waals surface area contributed by atoms with Gasteiger partial charge in [0, 0.05) is 29.0 Å². The fourth-order valence-corrected chi connectivity index (χ4v) is 3.49. The summed E-state index contributed by atoms with van der Waals surface area (Å²) in [5.74, 6) is -0.173. The molecule has 3 aromatic rings. The first kappa shape index (κ1) is 16.9. The van der Waals surface area contributed by atoms with Crippen LogP contribution in [0, 0.1) is 18.3 Å². The van der Waals surface area contributed by atoms with Crippen molar-refractivity contribution >= 4 is 17.2 Å². The number of nitrogens with one attached hydrogen (secondary N) is 1. The Morgan fingerprint density at radius 3 is 2.76 bits per heavy atom. The highest BCUT2D eigenvalue weighted by Crippen LogP contribution is 2.27. The smallest absolute Gasteiger partial charge is 0.251 e. The normalized spacial score (nSPS) is 10.2. The number of thiazole rings is 1. The lowest BCUT2D eigenvalue weighted by Crippen LogP contribution is -2.25. The van der Waals surface area contributed by atoms with Crippen LogP contribution in [0.4, 0.5) is 0 Å². The molecule has 0 atom stereocenters. The summed E-state index contributed by atoms with van der Waals surface area (Å²) in [5.41, 5.74) is 3.10. The van der Waals surface area contributed by atoms with E-state index in [0.717, 1.165) is 16.3 Å². The number of aryl methyl sites for hydroxylation is 1. The van der Waals surface area contributed by atoms with E-state index in [2.05, 4.69) is 24.4 Å². The second-order valence-corrected chi connectivity index (χ2v) is 6.86. The summed E-state index contributed by atoms with van der Waals surface area (Å²) in [4.78, 5) is 18.0. The summed E-state index contributed by atoms with van der Waals surface area (Å²) < 4.78 is 0. The van der Waals surface area contributed by atoms with Crippen molar-refractivity contribution in [2.45, 2.75) is 13.3 Å². The number of carbonyl (C=O) groups excluding carboxylic acids is 1. The average molecular weight is 347 g/mol. The number of amides is 1. The molecular formula is C20H17N3OS. The van der Waals surface area contributed by atoms with Crippen LogP contribution in [0.1, 0.15) is 25.8 Å². The molecule has 1 N–H and O–H groups in total. The molecule has 2 aromatic carbocycles. The minimum Gasteiger partial charge on any atom is -0.352 e. The number of rotatable bonds is 5. The van der Waals surface area contributed by atoms with Crippen molar-refractivity contribution in [3.05, 3.63) is 75.6 Å². The standard InChI is InChI=1S/C20H17N3OS/c1-14-19(16-7-3-2-4-8-16)23-18(25-14)10-11-22-20(24)17-9-5-6-15(12-17)13-21/h2-9,12H,10-11H2,1H3,(H,22,24). The van der Waals surface area contributed by atoms with Crippen molar-refractivity contribution in [1.29, 1.82) is 5.26 Å². The third-order valence-corrected chi connectivity index (χ3v) is 4.80. The highest BCUT2D eigenvalue weighted by atomic mass is 32.1. The summed E-state index contributed by atoms with van der Waals surface area (Å²) >= 11 is 1.66. The molecule has 1 aromatic heterocycles. The van der Waals surface area contributed by atoms with E-state index in [1.54, 1.807) is 35.6 Å². The van der Waals surface area contributed by atoms with Crippen molar-refractivity contribution in [3.8, 4) is 17.3 Å². The van der Waals surface area contributed by atoms with E-state index in [4.69, 9.17) is 10.2 Å². The molecule has 0 radical (unpaired) electrons. The monoisotopic (exact) mass is 347 g/mol. The quantitative estimate of drug-likeness (QED) is 0.759. The maximum absolute atomic E-state index is 12.2. The number of benzene rings is 2. The van der Waals surface area contributed by atoms with E-state index in [9.17, 15) is 4.79 Å². The van der Waals surface area contributed by atoms with Crippen LogP contribution in [0.5, 0.6) is 0 Å². The van der Waals surface area contributed by atoms with Crippen molar-refractivity contribution in [3.63, 3.8) is 0 Å². The first-order chi connectivity index (χ1) is 12.2. The molecule has 124 valence electrons. The van der Waals surface area contributed by atoms with Crippen LogP contribution in [-0.2, 0) is 6.42 Å². The molecular weight excluding hydrogens is 330 g/mol. The SMILES string of the molecule is Cc1sc(CCNC(=O)c2cccc(C#N)c2)nc1-c1ccccc1. The summed E-state index contributed by atoms with van der Waals surface area (Å²) in [6.45, 7) is 2.58. The van der Waals surface area contributed by atoms with Crippen LogP contribution >= 0.6 is 11.3 Å². The van der Waals surface area contributed by atoms with Gasteiger partial charge in [0.25, 0.3) is 5.91 Å². The molecule has 0 spiro atoms. The first-order valence-electron chi connectivity index (χ1n) is 7.97. The molecule has 0 unspecified atom stereocenters. The summed E-state index contributed by atoms with van der Waals surface area (Å²) in [7, 11) is 0. The Bertz CT molecular complexity index is 926.